The average Bonchev–Trinajstić information content (AvgIpc) is 2.39. The Hall–Kier alpha value is -2.25. The summed E-state index contributed by atoms with van der Waals surface area (Å²) in [6.07, 6.45) is -5.26. The third-order valence-electron chi connectivity index (χ3n) is 3.40. The second-order valence-corrected chi connectivity index (χ2v) is 4.76. The molecule has 0 aliphatic heterocycles. The largest absolute Gasteiger partial charge is 0.423 e. The molecule has 0 bridgehead atoms. The minimum Gasteiger partial charge on any atom is -0.300 e. The van der Waals surface area contributed by atoms with Gasteiger partial charge in [-0.3, -0.25) is 19.7 Å². The first kappa shape index (κ1) is 15.1. The quantitative estimate of drug-likeness (QED) is 0.621. The predicted octanol–water partition coefficient (Wildman–Crippen LogP) is 3.02. The van der Waals surface area contributed by atoms with Crippen molar-refractivity contribution in [3.63, 3.8) is 0 Å². The number of Topliss-reactive ketones (excluding diaryl/α,β-unsaturated/α-hetero) is 2. The Balaban J connectivity index is 2.61. The second-order valence-electron chi connectivity index (χ2n) is 4.76. The maximum absolute atomic E-state index is 12.9. The summed E-state index contributed by atoms with van der Waals surface area (Å²) in [7, 11) is 0. The zero-order valence-electron chi connectivity index (χ0n) is 10.6. The van der Waals surface area contributed by atoms with Gasteiger partial charge in [-0.25, -0.2) is 0 Å². The number of carbonyl (C=O) groups is 2. The molecule has 1 atom stereocenters. The molecular weight excluding hydrogens is 291 g/mol. The van der Waals surface area contributed by atoms with E-state index >= 15 is 0 Å². The molecule has 0 heterocycles. The van der Waals surface area contributed by atoms with Crippen molar-refractivity contribution in [3.05, 3.63) is 39.4 Å². The molecule has 1 aromatic rings. The molecule has 1 aromatic carbocycles. The van der Waals surface area contributed by atoms with Crippen molar-refractivity contribution >= 4 is 17.3 Å². The number of rotatable bonds is 2. The van der Waals surface area contributed by atoms with Crippen molar-refractivity contribution in [2.75, 3.05) is 0 Å². The molecule has 0 spiro atoms. The van der Waals surface area contributed by atoms with Crippen LogP contribution in [-0.4, -0.2) is 16.5 Å². The third-order valence-corrected chi connectivity index (χ3v) is 3.40. The monoisotopic (exact) mass is 301 g/mol. The Bertz CT molecular complexity index is 624. The summed E-state index contributed by atoms with van der Waals surface area (Å²) < 4.78 is 38.6. The molecule has 0 radical (unpaired) electrons. The molecule has 0 amide bonds. The fourth-order valence-corrected chi connectivity index (χ4v) is 2.44. The Kier molecular flexibility index (Phi) is 3.80. The van der Waals surface area contributed by atoms with Gasteiger partial charge in [0, 0.05) is 24.8 Å². The number of ketones is 2. The highest BCUT2D eigenvalue weighted by Gasteiger charge is 2.42. The lowest BCUT2D eigenvalue weighted by Gasteiger charge is -2.21. The van der Waals surface area contributed by atoms with Gasteiger partial charge in [-0.15, -0.1) is 0 Å². The maximum atomic E-state index is 12.9. The zero-order valence-corrected chi connectivity index (χ0v) is 10.6. The van der Waals surface area contributed by atoms with Crippen LogP contribution in [0.3, 0.4) is 0 Å². The van der Waals surface area contributed by atoms with Crippen molar-refractivity contribution in [1.82, 2.24) is 0 Å². The number of alkyl halides is 3. The minimum absolute atomic E-state index is 0.0299. The van der Waals surface area contributed by atoms with Gasteiger partial charge in [0.25, 0.3) is 5.69 Å². The predicted molar refractivity (Wildman–Crippen MR) is 64.7 cm³/mol. The van der Waals surface area contributed by atoms with E-state index in [4.69, 9.17) is 0 Å². The molecular formula is C13H10F3NO4. The van der Waals surface area contributed by atoms with Crippen LogP contribution >= 0.6 is 0 Å². The Morgan fingerprint density at radius 2 is 1.86 bits per heavy atom. The summed E-state index contributed by atoms with van der Waals surface area (Å²) in [4.78, 5) is 33.1. The van der Waals surface area contributed by atoms with Gasteiger partial charge in [0.1, 0.15) is 17.1 Å². The molecule has 1 saturated carbocycles. The Morgan fingerprint density at radius 3 is 2.43 bits per heavy atom. The number of benzene rings is 1. The van der Waals surface area contributed by atoms with Gasteiger partial charge in [0.05, 0.1) is 10.8 Å². The first-order valence-electron chi connectivity index (χ1n) is 6.10. The van der Waals surface area contributed by atoms with Gasteiger partial charge >= 0.3 is 6.18 Å². The van der Waals surface area contributed by atoms with Crippen LogP contribution in [0, 0.1) is 10.1 Å². The summed E-state index contributed by atoms with van der Waals surface area (Å²) in [6.45, 7) is 0. The highest BCUT2D eigenvalue weighted by atomic mass is 19.4. The first-order valence-corrected chi connectivity index (χ1v) is 6.10. The van der Waals surface area contributed by atoms with Crippen LogP contribution in [0.1, 0.15) is 36.3 Å². The number of nitro benzene ring substituents is 1. The number of nitrogens with zero attached hydrogens (tertiary/aromatic N) is 1. The lowest BCUT2D eigenvalue weighted by Crippen LogP contribution is -2.24. The number of nitro groups is 1. The van der Waals surface area contributed by atoms with E-state index in [2.05, 4.69) is 0 Å². The van der Waals surface area contributed by atoms with Crippen LogP contribution in [0.2, 0.25) is 0 Å². The standard InChI is InChI=1S/C13H10F3NO4/c14-13(15,16)10-3-1-2-8(12(10)17(20)21)9-6-7(18)4-5-11(9)19/h1-3,9H,4-6H2. The van der Waals surface area contributed by atoms with E-state index in [-0.39, 0.29) is 30.6 Å². The topological polar surface area (TPSA) is 77.3 Å². The number of halogens is 3. The summed E-state index contributed by atoms with van der Waals surface area (Å²) in [6, 6.07) is 2.71. The fourth-order valence-electron chi connectivity index (χ4n) is 2.44. The molecule has 1 aliphatic rings. The first-order chi connectivity index (χ1) is 9.71. The Labute approximate surface area is 116 Å². The molecule has 5 nitrogen and oxygen atoms in total. The van der Waals surface area contributed by atoms with E-state index in [0.717, 1.165) is 12.1 Å². The summed E-state index contributed by atoms with van der Waals surface area (Å²) >= 11 is 0. The Morgan fingerprint density at radius 1 is 1.19 bits per heavy atom. The van der Waals surface area contributed by atoms with E-state index in [0.29, 0.717) is 6.07 Å². The molecule has 1 unspecified atom stereocenters. The van der Waals surface area contributed by atoms with Gasteiger partial charge < -0.3 is 0 Å². The molecule has 1 aliphatic carbocycles. The van der Waals surface area contributed by atoms with Gasteiger partial charge in [0.15, 0.2) is 0 Å². The molecule has 2 rings (SSSR count). The number of hydrogen-bond acceptors (Lipinski definition) is 4. The third kappa shape index (κ3) is 2.93. The molecule has 1 fully saturated rings. The highest BCUT2D eigenvalue weighted by molar-refractivity contribution is 5.98. The van der Waals surface area contributed by atoms with E-state index in [1.807, 2.05) is 0 Å². The lowest BCUT2D eigenvalue weighted by molar-refractivity contribution is -0.388. The van der Waals surface area contributed by atoms with Gasteiger partial charge in [-0.1, -0.05) is 12.1 Å². The summed E-state index contributed by atoms with van der Waals surface area (Å²) in [5.41, 5.74) is -2.89. The minimum atomic E-state index is -4.90. The van der Waals surface area contributed by atoms with Crippen molar-refractivity contribution in [2.45, 2.75) is 31.4 Å². The van der Waals surface area contributed by atoms with Gasteiger partial charge in [-0.2, -0.15) is 13.2 Å². The van der Waals surface area contributed by atoms with Crippen LogP contribution in [0.4, 0.5) is 18.9 Å². The van der Waals surface area contributed by atoms with Crippen LogP contribution in [0.5, 0.6) is 0 Å². The fraction of sp³-hybridized carbons (Fsp3) is 0.385. The van der Waals surface area contributed by atoms with Crippen LogP contribution in [0.15, 0.2) is 18.2 Å². The van der Waals surface area contributed by atoms with Crippen LogP contribution in [0.25, 0.3) is 0 Å². The van der Waals surface area contributed by atoms with Crippen LogP contribution in [-0.2, 0) is 15.8 Å². The maximum Gasteiger partial charge on any atom is 0.423 e. The molecule has 8 heteroatoms. The normalized spacial score (nSPS) is 19.7. The smallest absolute Gasteiger partial charge is 0.300 e. The van der Waals surface area contributed by atoms with E-state index in [9.17, 15) is 32.9 Å². The van der Waals surface area contributed by atoms with Crippen molar-refractivity contribution < 1.29 is 27.7 Å². The van der Waals surface area contributed by atoms with Gasteiger partial charge in [-0.05, 0) is 6.07 Å². The SMILES string of the molecule is O=C1CCC(=O)C(c2cccc(C(F)(F)F)c2[N+](=O)[O-])C1. The number of hydrogen-bond donors (Lipinski definition) is 0. The van der Waals surface area contributed by atoms with Crippen molar-refractivity contribution in [3.8, 4) is 0 Å². The molecule has 0 aromatic heterocycles. The molecule has 0 saturated heterocycles. The lowest BCUT2D eigenvalue weighted by atomic mass is 9.81. The summed E-state index contributed by atoms with van der Waals surface area (Å²) in [5.74, 6) is -1.91. The highest BCUT2D eigenvalue weighted by Crippen LogP contribution is 2.42. The molecule has 21 heavy (non-hydrogen) atoms. The van der Waals surface area contributed by atoms with E-state index in [1.165, 1.54) is 0 Å². The van der Waals surface area contributed by atoms with Crippen molar-refractivity contribution in [2.24, 2.45) is 0 Å². The second kappa shape index (κ2) is 5.27. The molecule has 112 valence electrons. The van der Waals surface area contributed by atoms with Crippen LogP contribution < -0.4 is 0 Å². The average molecular weight is 301 g/mol. The van der Waals surface area contributed by atoms with E-state index in [1.54, 1.807) is 0 Å². The summed E-state index contributed by atoms with van der Waals surface area (Å²) in [5, 5.41) is 11.0. The zero-order chi connectivity index (χ0) is 15.8. The van der Waals surface area contributed by atoms with Crippen molar-refractivity contribution in [1.29, 1.82) is 0 Å². The number of carbonyl (C=O) groups excluding carboxylic acids is 2. The van der Waals surface area contributed by atoms with Gasteiger partial charge in [0.2, 0.25) is 0 Å². The number of para-hydroxylation sites is 1. The van der Waals surface area contributed by atoms with E-state index < -0.39 is 34.1 Å². The molecule has 0 N–H and O–H groups in total.